The molecule has 2 rings (SSSR count). The molecular weight excluding hydrogens is 318 g/mol. The summed E-state index contributed by atoms with van der Waals surface area (Å²) in [7, 11) is 0. The van der Waals surface area contributed by atoms with E-state index in [1.807, 2.05) is 25.2 Å². The Bertz CT molecular complexity index is 794. The van der Waals surface area contributed by atoms with E-state index < -0.39 is 11.6 Å². The van der Waals surface area contributed by atoms with Gasteiger partial charge in [0, 0.05) is 17.3 Å². The number of hydrogen-bond donors (Lipinski definition) is 0. The van der Waals surface area contributed by atoms with E-state index in [1.165, 1.54) is 6.07 Å². The Morgan fingerprint density at radius 1 is 1.26 bits per heavy atom. The average molecular weight is 335 g/mol. The summed E-state index contributed by atoms with van der Waals surface area (Å²) in [6.07, 6.45) is 7.31. The molecular formula is C18H17ClF2N2. The Morgan fingerprint density at radius 2 is 1.96 bits per heavy atom. The van der Waals surface area contributed by atoms with Gasteiger partial charge in [0.1, 0.15) is 17.5 Å². The van der Waals surface area contributed by atoms with Crippen molar-refractivity contribution in [1.29, 1.82) is 0 Å². The van der Waals surface area contributed by atoms with Crippen LogP contribution in [0.3, 0.4) is 0 Å². The Labute approximate surface area is 139 Å². The highest BCUT2D eigenvalue weighted by molar-refractivity contribution is 6.32. The summed E-state index contributed by atoms with van der Waals surface area (Å²) in [6, 6.07) is 2.10. The molecule has 0 atom stereocenters. The van der Waals surface area contributed by atoms with E-state index >= 15 is 0 Å². The van der Waals surface area contributed by atoms with Crippen molar-refractivity contribution in [1.82, 2.24) is 9.55 Å². The van der Waals surface area contributed by atoms with Crippen LogP contribution in [-0.2, 0) is 0 Å². The minimum absolute atomic E-state index is 0.150. The molecule has 0 unspecified atom stereocenters. The van der Waals surface area contributed by atoms with Crippen LogP contribution < -0.4 is 0 Å². The standard InChI is InChI=1S/C18H17ClF2N2/c1-5-6-7-8-12(3)23-13(4)22-18(19)17(23)16-11(2)9-14(20)10-15(16)21/h5-10H,3H2,1-2,4H3/b6-5-,8-7-. The second-order valence-corrected chi connectivity index (χ2v) is 5.45. The molecule has 23 heavy (non-hydrogen) atoms. The molecule has 1 aromatic heterocycles. The van der Waals surface area contributed by atoms with Crippen molar-refractivity contribution in [2.45, 2.75) is 20.8 Å². The van der Waals surface area contributed by atoms with Gasteiger partial charge in [0.2, 0.25) is 0 Å². The lowest BCUT2D eigenvalue weighted by atomic mass is 10.0. The summed E-state index contributed by atoms with van der Waals surface area (Å²) < 4.78 is 29.4. The Morgan fingerprint density at radius 3 is 2.57 bits per heavy atom. The first-order chi connectivity index (χ1) is 10.9. The third-order valence-corrected chi connectivity index (χ3v) is 3.63. The molecule has 2 aromatic rings. The summed E-state index contributed by atoms with van der Waals surface area (Å²) in [6.45, 7) is 9.26. The van der Waals surface area contributed by atoms with Gasteiger partial charge in [0.25, 0.3) is 0 Å². The fourth-order valence-electron chi connectivity index (χ4n) is 2.42. The van der Waals surface area contributed by atoms with E-state index in [-0.39, 0.29) is 10.7 Å². The van der Waals surface area contributed by atoms with E-state index in [4.69, 9.17) is 11.6 Å². The van der Waals surface area contributed by atoms with Gasteiger partial charge in [-0.2, -0.15) is 0 Å². The number of imidazole rings is 1. The van der Waals surface area contributed by atoms with Crippen LogP contribution in [0.4, 0.5) is 8.78 Å². The van der Waals surface area contributed by atoms with Crippen LogP contribution in [0.1, 0.15) is 18.3 Å². The Hall–Kier alpha value is -2.20. The molecule has 1 aromatic carbocycles. The van der Waals surface area contributed by atoms with Crippen LogP contribution in [0.25, 0.3) is 17.0 Å². The summed E-state index contributed by atoms with van der Waals surface area (Å²) >= 11 is 6.20. The van der Waals surface area contributed by atoms with Crippen molar-refractivity contribution < 1.29 is 8.78 Å². The number of allylic oxidation sites excluding steroid dienone is 5. The average Bonchev–Trinajstić information content (AvgIpc) is 2.73. The Kier molecular flexibility index (Phi) is 5.16. The Balaban J connectivity index is 2.68. The van der Waals surface area contributed by atoms with E-state index in [9.17, 15) is 8.78 Å². The van der Waals surface area contributed by atoms with Gasteiger partial charge in [-0.1, -0.05) is 36.4 Å². The van der Waals surface area contributed by atoms with Crippen molar-refractivity contribution >= 4 is 17.3 Å². The first-order valence-corrected chi connectivity index (χ1v) is 7.44. The summed E-state index contributed by atoms with van der Waals surface area (Å²) in [4.78, 5) is 4.20. The highest BCUT2D eigenvalue weighted by Crippen LogP contribution is 2.35. The third-order valence-electron chi connectivity index (χ3n) is 3.37. The van der Waals surface area contributed by atoms with Crippen LogP contribution in [0, 0.1) is 25.5 Å². The van der Waals surface area contributed by atoms with E-state index in [2.05, 4.69) is 11.6 Å². The predicted octanol–water partition coefficient (Wildman–Crippen LogP) is 5.70. The fraction of sp³-hybridized carbons (Fsp3) is 0.167. The van der Waals surface area contributed by atoms with Crippen LogP contribution >= 0.6 is 11.6 Å². The van der Waals surface area contributed by atoms with Crippen molar-refractivity contribution in [2.24, 2.45) is 0 Å². The molecule has 1 heterocycles. The summed E-state index contributed by atoms with van der Waals surface area (Å²) in [5.74, 6) is -0.742. The zero-order valence-corrected chi connectivity index (χ0v) is 14.0. The van der Waals surface area contributed by atoms with Crippen LogP contribution in [0.15, 0.2) is 43.0 Å². The number of aryl methyl sites for hydroxylation is 2. The smallest absolute Gasteiger partial charge is 0.155 e. The second-order valence-electron chi connectivity index (χ2n) is 5.09. The van der Waals surface area contributed by atoms with Crippen molar-refractivity contribution in [2.75, 3.05) is 0 Å². The van der Waals surface area contributed by atoms with E-state index in [0.29, 0.717) is 22.8 Å². The van der Waals surface area contributed by atoms with Crippen molar-refractivity contribution in [3.8, 4) is 11.3 Å². The SMILES string of the molecule is C=C(/C=C\C=C/C)n1c(C)nc(Cl)c1-c1c(C)cc(F)cc1F. The number of nitrogens with zero attached hydrogens (tertiary/aromatic N) is 2. The molecule has 0 N–H and O–H groups in total. The number of hydrogen-bond acceptors (Lipinski definition) is 1. The number of benzene rings is 1. The lowest BCUT2D eigenvalue weighted by Crippen LogP contribution is -2.02. The van der Waals surface area contributed by atoms with Crippen LogP contribution in [0.2, 0.25) is 5.15 Å². The molecule has 2 nitrogen and oxygen atoms in total. The maximum Gasteiger partial charge on any atom is 0.155 e. The van der Waals surface area contributed by atoms with Crippen molar-refractivity contribution in [3.05, 3.63) is 71.2 Å². The molecule has 0 bridgehead atoms. The highest BCUT2D eigenvalue weighted by atomic mass is 35.5. The first kappa shape index (κ1) is 17.2. The predicted molar refractivity (Wildman–Crippen MR) is 91.3 cm³/mol. The van der Waals surface area contributed by atoms with Crippen molar-refractivity contribution in [3.63, 3.8) is 0 Å². The minimum Gasteiger partial charge on any atom is -0.296 e. The second kappa shape index (κ2) is 6.92. The van der Waals surface area contributed by atoms with Crippen LogP contribution in [0.5, 0.6) is 0 Å². The fourth-order valence-corrected chi connectivity index (χ4v) is 2.72. The molecule has 0 amide bonds. The molecule has 0 fully saturated rings. The van der Waals surface area contributed by atoms with Gasteiger partial charge in [-0.25, -0.2) is 13.8 Å². The number of aromatic nitrogens is 2. The quantitative estimate of drug-likeness (QED) is 0.656. The summed E-state index contributed by atoms with van der Waals surface area (Å²) in [5.41, 5.74) is 1.61. The summed E-state index contributed by atoms with van der Waals surface area (Å²) in [5, 5.41) is 0.150. The van der Waals surface area contributed by atoms with Gasteiger partial charge in [0.15, 0.2) is 5.15 Å². The van der Waals surface area contributed by atoms with E-state index in [1.54, 1.807) is 24.5 Å². The van der Waals surface area contributed by atoms with Gasteiger partial charge >= 0.3 is 0 Å². The molecule has 0 aliphatic heterocycles. The largest absolute Gasteiger partial charge is 0.296 e. The molecule has 120 valence electrons. The third kappa shape index (κ3) is 3.42. The molecule has 0 aliphatic rings. The number of rotatable bonds is 4. The first-order valence-electron chi connectivity index (χ1n) is 7.06. The number of halogens is 3. The maximum atomic E-state index is 14.3. The molecule has 0 saturated carbocycles. The van der Waals surface area contributed by atoms with Crippen LogP contribution in [-0.4, -0.2) is 9.55 Å². The van der Waals surface area contributed by atoms with E-state index in [0.717, 1.165) is 6.07 Å². The highest BCUT2D eigenvalue weighted by Gasteiger charge is 2.21. The van der Waals surface area contributed by atoms with Gasteiger partial charge in [-0.3, -0.25) is 4.57 Å². The zero-order chi connectivity index (χ0) is 17.1. The molecule has 0 spiro atoms. The molecule has 5 heteroatoms. The van der Waals surface area contributed by atoms with Gasteiger partial charge < -0.3 is 0 Å². The molecule has 0 saturated heterocycles. The maximum absolute atomic E-state index is 14.3. The van der Waals surface area contributed by atoms with Gasteiger partial charge in [-0.15, -0.1) is 0 Å². The lowest BCUT2D eigenvalue weighted by Gasteiger charge is -2.13. The topological polar surface area (TPSA) is 17.8 Å². The molecule has 0 radical (unpaired) electrons. The normalized spacial score (nSPS) is 11.7. The lowest BCUT2D eigenvalue weighted by molar-refractivity contribution is 0.583. The minimum atomic E-state index is -0.684. The zero-order valence-electron chi connectivity index (χ0n) is 13.2. The van der Waals surface area contributed by atoms with Gasteiger partial charge in [-0.05, 0) is 38.5 Å². The monoisotopic (exact) mass is 334 g/mol. The van der Waals surface area contributed by atoms with Gasteiger partial charge in [0.05, 0.1) is 5.69 Å². The molecule has 0 aliphatic carbocycles.